The van der Waals surface area contributed by atoms with Crippen LogP contribution in [-0.4, -0.2) is 52.0 Å². The predicted molar refractivity (Wildman–Crippen MR) is 130 cm³/mol. The number of esters is 1. The van der Waals surface area contributed by atoms with Gasteiger partial charge >= 0.3 is 5.97 Å². The van der Waals surface area contributed by atoms with Gasteiger partial charge < -0.3 is 29.0 Å². The molecule has 0 radical (unpaired) electrons. The Morgan fingerprint density at radius 3 is 2.09 bits per heavy atom. The molecule has 1 N–H and O–H groups in total. The monoisotopic (exact) mass is 482 g/mol. The van der Waals surface area contributed by atoms with Crippen LogP contribution in [0, 0.1) is 11.3 Å². The number of hydrogen-bond acceptors (Lipinski definition) is 8. The van der Waals surface area contributed by atoms with Crippen molar-refractivity contribution in [2.45, 2.75) is 20.8 Å². The summed E-state index contributed by atoms with van der Waals surface area (Å²) < 4.78 is 27.3. The third-order valence-corrected chi connectivity index (χ3v) is 4.50. The van der Waals surface area contributed by atoms with Crippen LogP contribution in [0.1, 0.15) is 36.7 Å². The molecular weight excluding hydrogens is 452 g/mol. The van der Waals surface area contributed by atoms with Crippen molar-refractivity contribution in [3.63, 3.8) is 0 Å². The molecule has 0 unspecified atom stereocenters. The van der Waals surface area contributed by atoms with E-state index in [1.165, 1.54) is 13.2 Å². The Balaban J connectivity index is 2.20. The molecule has 0 aliphatic rings. The highest BCUT2D eigenvalue weighted by Crippen LogP contribution is 2.39. The molecular formula is C26H30N2O7. The summed E-state index contributed by atoms with van der Waals surface area (Å²) in [5, 5.41) is 11.9. The molecule has 1 amide bonds. The van der Waals surface area contributed by atoms with E-state index in [2.05, 4.69) is 5.32 Å². The van der Waals surface area contributed by atoms with E-state index in [4.69, 9.17) is 23.7 Å². The fourth-order valence-corrected chi connectivity index (χ4v) is 2.98. The molecule has 186 valence electrons. The summed E-state index contributed by atoms with van der Waals surface area (Å²) in [6, 6.07) is 11.4. The van der Waals surface area contributed by atoms with E-state index >= 15 is 0 Å². The van der Waals surface area contributed by atoms with Crippen LogP contribution in [0.4, 0.5) is 0 Å². The molecule has 0 aliphatic carbocycles. The minimum absolute atomic E-state index is 0.0489. The number of rotatable bonds is 13. The highest BCUT2D eigenvalue weighted by molar-refractivity contribution is 6.01. The molecule has 0 atom stereocenters. The van der Waals surface area contributed by atoms with Crippen molar-refractivity contribution in [3.8, 4) is 29.1 Å². The second-order valence-corrected chi connectivity index (χ2v) is 6.98. The maximum absolute atomic E-state index is 12.8. The van der Waals surface area contributed by atoms with Crippen molar-refractivity contribution in [3.05, 3.63) is 53.1 Å². The van der Waals surface area contributed by atoms with E-state index in [0.717, 1.165) is 0 Å². The number of carbonyl (C=O) groups excluding carboxylic acids is 2. The van der Waals surface area contributed by atoms with Crippen molar-refractivity contribution in [1.82, 2.24) is 5.32 Å². The molecule has 9 nitrogen and oxygen atoms in total. The average Bonchev–Trinajstić information content (AvgIpc) is 2.85. The van der Waals surface area contributed by atoms with Gasteiger partial charge in [-0.1, -0.05) is 12.1 Å². The third-order valence-electron chi connectivity index (χ3n) is 4.50. The summed E-state index contributed by atoms with van der Waals surface area (Å²) in [6.07, 6.45) is 1.45. The minimum Gasteiger partial charge on any atom is -0.490 e. The number of hydrogen-bond donors (Lipinski definition) is 1. The molecule has 0 bridgehead atoms. The molecule has 0 heterocycles. The number of ether oxygens (including phenoxy) is 5. The zero-order chi connectivity index (χ0) is 25.6. The van der Waals surface area contributed by atoms with Crippen LogP contribution in [0.5, 0.6) is 23.0 Å². The molecule has 0 saturated heterocycles. The van der Waals surface area contributed by atoms with E-state index in [0.29, 0.717) is 61.5 Å². The van der Waals surface area contributed by atoms with Gasteiger partial charge in [0, 0.05) is 13.7 Å². The molecule has 0 saturated carbocycles. The quantitative estimate of drug-likeness (QED) is 0.151. The van der Waals surface area contributed by atoms with E-state index in [-0.39, 0.29) is 11.1 Å². The maximum Gasteiger partial charge on any atom is 0.343 e. The first-order chi connectivity index (χ1) is 17.0. The Kier molecular flexibility index (Phi) is 11.1. The number of methoxy groups -OCH3 is 1. The fourth-order valence-electron chi connectivity index (χ4n) is 2.98. The Morgan fingerprint density at radius 1 is 0.971 bits per heavy atom. The molecule has 2 rings (SSSR count). The van der Waals surface area contributed by atoms with Crippen LogP contribution >= 0.6 is 0 Å². The van der Waals surface area contributed by atoms with Gasteiger partial charge in [0.05, 0.1) is 32.0 Å². The van der Waals surface area contributed by atoms with Crippen LogP contribution in [0.2, 0.25) is 0 Å². The summed E-state index contributed by atoms with van der Waals surface area (Å²) in [6.45, 7) is 7.33. The van der Waals surface area contributed by atoms with Crippen LogP contribution in [0.3, 0.4) is 0 Å². The minimum atomic E-state index is -0.603. The van der Waals surface area contributed by atoms with Gasteiger partial charge in [0.1, 0.15) is 17.4 Å². The van der Waals surface area contributed by atoms with Gasteiger partial charge in [-0.3, -0.25) is 4.79 Å². The number of nitriles is 1. The molecule has 35 heavy (non-hydrogen) atoms. The highest BCUT2D eigenvalue weighted by Gasteiger charge is 2.19. The van der Waals surface area contributed by atoms with Gasteiger partial charge in [0.2, 0.25) is 5.75 Å². The van der Waals surface area contributed by atoms with Gasteiger partial charge in [-0.2, -0.15) is 5.26 Å². The van der Waals surface area contributed by atoms with Crippen LogP contribution in [0.25, 0.3) is 6.08 Å². The van der Waals surface area contributed by atoms with Crippen molar-refractivity contribution >= 4 is 18.0 Å². The Labute approximate surface area is 205 Å². The number of nitrogens with one attached hydrogen (secondary N) is 1. The standard InChI is InChI=1S/C26H30N2O7/c1-5-32-22-15-19(16-23(33-6-2)24(22)34-7-3)26(30)35-21-10-8-18(9-11-21)14-20(17-27)25(29)28-12-13-31-4/h8-11,14-16H,5-7,12-13H2,1-4H3,(H,28,29)/b20-14+. The first-order valence-corrected chi connectivity index (χ1v) is 11.2. The second-order valence-electron chi connectivity index (χ2n) is 6.98. The fraction of sp³-hybridized carbons (Fsp3) is 0.346. The van der Waals surface area contributed by atoms with Crippen molar-refractivity contribution in [2.24, 2.45) is 0 Å². The topological polar surface area (TPSA) is 116 Å². The zero-order valence-corrected chi connectivity index (χ0v) is 20.4. The van der Waals surface area contributed by atoms with E-state index < -0.39 is 11.9 Å². The lowest BCUT2D eigenvalue weighted by Gasteiger charge is -2.16. The summed E-state index contributed by atoms with van der Waals surface area (Å²) in [5.74, 6) is 0.406. The smallest absolute Gasteiger partial charge is 0.343 e. The number of carbonyl (C=O) groups is 2. The first kappa shape index (κ1) is 27.2. The summed E-state index contributed by atoms with van der Waals surface area (Å²) in [4.78, 5) is 24.9. The SMILES string of the molecule is CCOc1cc(C(=O)Oc2ccc(/C=C(\C#N)C(=O)NCCOC)cc2)cc(OCC)c1OCC. The number of amides is 1. The van der Waals surface area contributed by atoms with Crippen molar-refractivity contribution < 1.29 is 33.3 Å². The summed E-state index contributed by atoms with van der Waals surface area (Å²) in [5.41, 5.74) is 0.789. The normalized spacial score (nSPS) is 10.8. The van der Waals surface area contributed by atoms with Crippen LogP contribution in [0.15, 0.2) is 42.0 Å². The zero-order valence-electron chi connectivity index (χ0n) is 20.4. The third kappa shape index (κ3) is 8.05. The largest absolute Gasteiger partial charge is 0.490 e. The van der Waals surface area contributed by atoms with Crippen LogP contribution in [-0.2, 0) is 9.53 Å². The molecule has 2 aromatic carbocycles. The first-order valence-electron chi connectivity index (χ1n) is 11.2. The number of nitrogens with zero attached hydrogens (tertiary/aromatic N) is 1. The van der Waals surface area contributed by atoms with E-state index in [9.17, 15) is 14.9 Å². The highest BCUT2D eigenvalue weighted by atomic mass is 16.5. The Bertz CT molecular complexity index is 1050. The van der Waals surface area contributed by atoms with Gasteiger partial charge in [-0.25, -0.2) is 4.79 Å². The molecule has 0 aromatic heterocycles. The lowest BCUT2D eigenvalue weighted by Crippen LogP contribution is -2.27. The van der Waals surface area contributed by atoms with Crippen LogP contribution < -0.4 is 24.3 Å². The molecule has 0 aliphatic heterocycles. The lowest BCUT2D eigenvalue weighted by molar-refractivity contribution is -0.117. The van der Waals surface area contributed by atoms with Gasteiger partial charge in [0.15, 0.2) is 11.5 Å². The van der Waals surface area contributed by atoms with Gasteiger partial charge in [-0.15, -0.1) is 0 Å². The number of benzene rings is 2. The van der Waals surface area contributed by atoms with E-state index in [1.54, 1.807) is 36.4 Å². The maximum atomic E-state index is 12.8. The molecule has 0 spiro atoms. The van der Waals surface area contributed by atoms with Crippen molar-refractivity contribution in [2.75, 3.05) is 40.1 Å². The predicted octanol–water partition coefficient (Wildman–Crippen LogP) is 3.77. The molecule has 0 fully saturated rings. The Hall–Kier alpha value is -4.03. The van der Waals surface area contributed by atoms with Gasteiger partial charge in [-0.05, 0) is 56.7 Å². The molecule has 9 heteroatoms. The average molecular weight is 483 g/mol. The second kappa shape index (κ2) is 14.3. The van der Waals surface area contributed by atoms with E-state index in [1.807, 2.05) is 26.8 Å². The van der Waals surface area contributed by atoms with Gasteiger partial charge in [0.25, 0.3) is 5.91 Å². The molecule has 2 aromatic rings. The Morgan fingerprint density at radius 2 is 1.57 bits per heavy atom. The van der Waals surface area contributed by atoms with Crippen molar-refractivity contribution in [1.29, 1.82) is 5.26 Å². The summed E-state index contributed by atoms with van der Waals surface area (Å²) >= 11 is 0. The summed E-state index contributed by atoms with van der Waals surface area (Å²) in [7, 11) is 1.52. The lowest BCUT2D eigenvalue weighted by atomic mass is 10.1.